The van der Waals surface area contributed by atoms with Crippen molar-refractivity contribution in [2.24, 2.45) is 0 Å². The molecule has 5 N–H and O–H groups in total. The number of nitrogens with one attached hydrogen (secondary N) is 1. The highest BCUT2D eigenvalue weighted by atomic mass is 16.3. The molecule has 0 aliphatic heterocycles. The van der Waals surface area contributed by atoms with Crippen LogP contribution in [-0.4, -0.2) is 57.3 Å². The van der Waals surface area contributed by atoms with Crippen LogP contribution in [0.25, 0.3) is 0 Å². The third kappa shape index (κ3) is 25.0. The molecule has 242 valence electrons. The van der Waals surface area contributed by atoms with Crippen LogP contribution in [0.4, 0.5) is 0 Å². The average Bonchev–Trinajstić information content (AvgIpc) is 2.98. The molecule has 0 rings (SSSR count). The molecule has 0 bridgehead atoms. The van der Waals surface area contributed by atoms with Crippen LogP contribution >= 0.6 is 0 Å². The summed E-state index contributed by atoms with van der Waals surface area (Å²) in [6.07, 6.45) is 30.5. The van der Waals surface area contributed by atoms with Gasteiger partial charge in [-0.2, -0.15) is 0 Å². The van der Waals surface area contributed by atoms with Crippen molar-refractivity contribution in [3.05, 3.63) is 24.3 Å². The Balaban J connectivity index is 3.86. The summed E-state index contributed by atoms with van der Waals surface area (Å²) >= 11 is 0. The van der Waals surface area contributed by atoms with Crippen LogP contribution in [0.3, 0.4) is 0 Å². The molecule has 6 nitrogen and oxygen atoms in total. The Kier molecular flexibility index (Phi) is 29.4. The third-order valence-corrected chi connectivity index (χ3v) is 7.92. The van der Waals surface area contributed by atoms with E-state index < -0.39 is 36.9 Å². The zero-order valence-electron chi connectivity index (χ0n) is 26.8. The maximum atomic E-state index is 12.4. The lowest BCUT2D eigenvalue weighted by Gasteiger charge is -2.27. The molecule has 0 aromatic carbocycles. The molecule has 0 heterocycles. The number of aliphatic hydroxyl groups excluding tert-OH is 4. The summed E-state index contributed by atoms with van der Waals surface area (Å²) in [6, 6.07) is -0.985. The van der Waals surface area contributed by atoms with Gasteiger partial charge in [-0.15, -0.1) is 0 Å². The van der Waals surface area contributed by atoms with E-state index in [2.05, 4.69) is 43.5 Å². The van der Waals surface area contributed by atoms with E-state index in [0.29, 0.717) is 12.8 Å². The van der Waals surface area contributed by atoms with Crippen molar-refractivity contribution in [3.63, 3.8) is 0 Å². The number of hydrogen-bond acceptors (Lipinski definition) is 5. The minimum Gasteiger partial charge on any atom is -0.394 e. The van der Waals surface area contributed by atoms with Gasteiger partial charge >= 0.3 is 0 Å². The molecule has 0 aliphatic rings. The predicted molar refractivity (Wildman–Crippen MR) is 173 cm³/mol. The molecule has 6 heteroatoms. The van der Waals surface area contributed by atoms with E-state index in [-0.39, 0.29) is 0 Å². The Morgan fingerprint density at radius 2 is 1.05 bits per heavy atom. The second kappa shape index (κ2) is 30.3. The van der Waals surface area contributed by atoms with Gasteiger partial charge in [0.2, 0.25) is 5.91 Å². The molecule has 0 saturated carbocycles. The summed E-state index contributed by atoms with van der Waals surface area (Å²) < 4.78 is 0. The lowest BCUT2D eigenvalue weighted by atomic mass is 9.99. The molecule has 1 amide bonds. The van der Waals surface area contributed by atoms with Gasteiger partial charge in [-0.25, -0.2) is 0 Å². The average molecular weight is 582 g/mol. The number of unbranched alkanes of at least 4 members (excludes halogenated alkanes) is 17. The van der Waals surface area contributed by atoms with E-state index in [1.54, 1.807) is 0 Å². The van der Waals surface area contributed by atoms with Gasteiger partial charge in [0.1, 0.15) is 12.2 Å². The van der Waals surface area contributed by atoms with Crippen LogP contribution in [0.15, 0.2) is 24.3 Å². The van der Waals surface area contributed by atoms with Crippen LogP contribution in [0.1, 0.15) is 162 Å². The van der Waals surface area contributed by atoms with Crippen LogP contribution in [0.2, 0.25) is 0 Å². The van der Waals surface area contributed by atoms with Gasteiger partial charge in [0.15, 0.2) is 0 Å². The Morgan fingerprint density at radius 1 is 0.610 bits per heavy atom. The summed E-state index contributed by atoms with van der Waals surface area (Å²) in [7, 11) is 0. The number of carbonyl (C=O) groups excluding carboxylic acids is 1. The quantitative estimate of drug-likeness (QED) is 0.0442. The Morgan fingerprint density at radius 3 is 1.59 bits per heavy atom. The number of amides is 1. The highest BCUT2D eigenvalue weighted by Crippen LogP contribution is 2.15. The fourth-order valence-electron chi connectivity index (χ4n) is 5.08. The van der Waals surface area contributed by atoms with E-state index >= 15 is 0 Å². The molecule has 0 radical (unpaired) electrons. The Labute approximate surface area is 253 Å². The van der Waals surface area contributed by atoms with Gasteiger partial charge < -0.3 is 25.7 Å². The topological polar surface area (TPSA) is 110 Å². The van der Waals surface area contributed by atoms with Gasteiger partial charge in [-0.05, 0) is 44.9 Å². The van der Waals surface area contributed by atoms with Gasteiger partial charge in [0.05, 0.1) is 18.8 Å². The first-order valence-corrected chi connectivity index (χ1v) is 17.2. The normalized spacial score (nSPS) is 15.0. The zero-order valence-corrected chi connectivity index (χ0v) is 26.8. The second-order valence-corrected chi connectivity index (χ2v) is 11.9. The number of rotatable bonds is 30. The van der Waals surface area contributed by atoms with Crippen molar-refractivity contribution in [1.82, 2.24) is 5.32 Å². The predicted octanol–water partition coefficient (Wildman–Crippen LogP) is 7.67. The Hall–Kier alpha value is -1.21. The molecular formula is C35H67NO5. The molecule has 4 unspecified atom stereocenters. The smallest absolute Gasteiger partial charge is 0.249 e. The number of aliphatic hydroxyl groups is 4. The van der Waals surface area contributed by atoms with Crippen LogP contribution in [0, 0.1) is 0 Å². The van der Waals surface area contributed by atoms with Gasteiger partial charge in [-0.3, -0.25) is 4.79 Å². The maximum Gasteiger partial charge on any atom is 0.249 e. The van der Waals surface area contributed by atoms with Crippen LogP contribution < -0.4 is 5.32 Å². The van der Waals surface area contributed by atoms with E-state index in [9.17, 15) is 25.2 Å². The van der Waals surface area contributed by atoms with E-state index in [1.165, 1.54) is 77.0 Å². The molecule has 0 saturated heterocycles. The monoisotopic (exact) mass is 582 g/mol. The summed E-state index contributed by atoms with van der Waals surface area (Å²) in [5.41, 5.74) is 0. The summed E-state index contributed by atoms with van der Waals surface area (Å²) in [6.45, 7) is 3.96. The highest BCUT2D eigenvalue weighted by molar-refractivity contribution is 5.80. The summed E-state index contributed by atoms with van der Waals surface area (Å²) in [5.74, 6) is -0.596. The first kappa shape index (κ1) is 39.8. The molecule has 0 aromatic heterocycles. The standard InChI is InChI=1S/C35H67NO5/c1-3-5-7-9-11-13-14-15-16-17-18-19-21-23-25-27-29-33(39)35(41)36-31(30-37)34(40)32(38)28-26-24-22-20-12-10-8-6-4-2/h11,13,15-16,31-34,37-40H,3-10,12,14,17-30H2,1-2H3,(H,36,41)/b13-11-,16-15-. The molecule has 0 fully saturated rings. The summed E-state index contributed by atoms with van der Waals surface area (Å²) in [5, 5.41) is 43.2. The van der Waals surface area contributed by atoms with Crippen molar-refractivity contribution in [3.8, 4) is 0 Å². The van der Waals surface area contributed by atoms with E-state index in [1.807, 2.05) is 0 Å². The molecule has 41 heavy (non-hydrogen) atoms. The molecule has 0 spiro atoms. The minimum absolute atomic E-state index is 0.357. The fraction of sp³-hybridized carbons (Fsp3) is 0.857. The van der Waals surface area contributed by atoms with Crippen LogP contribution in [-0.2, 0) is 4.79 Å². The number of carbonyl (C=O) groups is 1. The zero-order chi connectivity index (χ0) is 30.4. The number of hydrogen-bond donors (Lipinski definition) is 5. The van der Waals surface area contributed by atoms with Crippen molar-refractivity contribution < 1.29 is 25.2 Å². The lowest BCUT2D eigenvalue weighted by molar-refractivity contribution is -0.132. The molecule has 0 aliphatic carbocycles. The molecular weight excluding hydrogens is 514 g/mol. The SMILES string of the molecule is CCCCC/C=C\C/C=C\CCCCCCCCC(O)C(=O)NC(CO)C(O)C(O)CCCCCCCCCCC. The first-order valence-electron chi connectivity index (χ1n) is 17.2. The molecule has 4 atom stereocenters. The van der Waals surface area contributed by atoms with Crippen LogP contribution in [0.5, 0.6) is 0 Å². The van der Waals surface area contributed by atoms with E-state index in [0.717, 1.165) is 57.8 Å². The fourth-order valence-corrected chi connectivity index (χ4v) is 5.08. The highest BCUT2D eigenvalue weighted by Gasteiger charge is 2.28. The summed E-state index contributed by atoms with van der Waals surface area (Å²) in [4.78, 5) is 12.4. The van der Waals surface area contributed by atoms with Crippen molar-refractivity contribution in [2.45, 2.75) is 186 Å². The van der Waals surface area contributed by atoms with E-state index in [4.69, 9.17) is 0 Å². The minimum atomic E-state index is -1.26. The lowest BCUT2D eigenvalue weighted by Crippen LogP contribution is -2.53. The molecule has 0 aromatic rings. The van der Waals surface area contributed by atoms with Crippen molar-refractivity contribution >= 4 is 5.91 Å². The van der Waals surface area contributed by atoms with Crippen molar-refractivity contribution in [2.75, 3.05) is 6.61 Å². The first-order chi connectivity index (χ1) is 20.0. The third-order valence-electron chi connectivity index (χ3n) is 7.92. The second-order valence-electron chi connectivity index (χ2n) is 11.9. The largest absolute Gasteiger partial charge is 0.394 e. The maximum absolute atomic E-state index is 12.4. The van der Waals surface area contributed by atoms with Crippen molar-refractivity contribution in [1.29, 1.82) is 0 Å². The van der Waals surface area contributed by atoms with Gasteiger partial charge in [0.25, 0.3) is 0 Å². The number of allylic oxidation sites excluding steroid dienone is 4. The Bertz CT molecular complexity index is 624. The van der Waals surface area contributed by atoms with Gasteiger partial charge in [-0.1, -0.05) is 141 Å². The van der Waals surface area contributed by atoms with Gasteiger partial charge in [0, 0.05) is 0 Å².